The molecule has 5 heteroatoms. The van der Waals surface area contributed by atoms with Gasteiger partial charge in [0.1, 0.15) is 11.4 Å². The number of carbonyl (C=O) groups excluding carboxylic acids is 1. The molecular weight excluding hydrogens is 355 g/mol. The molecule has 1 heterocycles. The Morgan fingerprint density at radius 3 is 2.32 bits per heavy atom. The van der Waals surface area contributed by atoms with Crippen molar-refractivity contribution in [3.05, 3.63) is 71.5 Å². The van der Waals surface area contributed by atoms with Gasteiger partial charge in [0.25, 0.3) is 0 Å². The van der Waals surface area contributed by atoms with E-state index in [2.05, 4.69) is 24.0 Å². The van der Waals surface area contributed by atoms with Gasteiger partial charge in [0.05, 0.1) is 6.04 Å². The maximum absolute atomic E-state index is 13.4. The van der Waals surface area contributed by atoms with Gasteiger partial charge in [-0.1, -0.05) is 42.5 Å². The predicted octanol–water partition coefficient (Wildman–Crippen LogP) is 5.01. The number of halogens is 1. The Balaban J connectivity index is 1.85. The van der Waals surface area contributed by atoms with Gasteiger partial charge >= 0.3 is 6.09 Å². The van der Waals surface area contributed by atoms with Crippen LogP contribution in [0.25, 0.3) is 0 Å². The lowest BCUT2D eigenvalue weighted by atomic mass is 9.99. The maximum Gasteiger partial charge on any atom is 0.410 e. The molecule has 1 aliphatic heterocycles. The van der Waals surface area contributed by atoms with Crippen molar-refractivity contribution in [2.45, 2.75) is 51.9 Å². The standard InChI is InChI=1S/C23H29FN2O2/c1-17-14-26(22(27)28-23(2,3)4)21(19-10-12-20(24)13-11-19)16-25(17)15-18-8-6-5-7-9-18/h5-13,17,21H,14-16H2,1-4H3/t17-,21+/m1/s1. The van der Waals surface area contributed by atoms with E-state index >= 15 is 0 Å². The van der Waals surface area contributed by atoms with Crippen molar-refractivity contribution in [2.24, 2.45) is 0 Å². The van der Waals surface area contributed by atoms with Crippen molar-refractivity contribution >= 4 is 6.09 Å². The van der Waals surface area contributed by atoms with Crippen molar-refractivity contribution < 1.29 is 13.9 Å². The quantitative estimate of drug-likeness (QED) is 0.746. The summed E-state index contributed by atoms with van der Waals surface area (Å²) in [6.07, 6.45) is -0.326. The van der Waals surface area contributed by atoms with Crippen LogP contribution in [-0.2, 0) is 11.3 Å². The Labute approximate surface area is 166 Å². The number of benzene rings is 2. The highest BCUT2D eigenvalue weighted by Gasteiger charge is 2.37. The molecule has 0 unspecified atom stereocenters. The summed E-state index contributed by atoms with van der Waals surface area (Å²) < 4.78 is 19.1. The number of rotatable bonds is 3. The fourth-order valence-electron chi connectivity index (χ4n) is 3.56. The van der Waals surface area contributed by atoms with Gasteiger partial charge < -0.3 is 4.74 Å². The summed E-state index contributed by atoms with van der Waals surface area (Å²) in [7, 11) is 0. The number of ether oxygens (including phenoxy) is 1. The molecule has 0 aromatic heterocycles. The monoisotopic (exact) mass is 384 g/mol. The normalized spacial score (nSPS) is 20.8. The Hall–Kier alpha value is -2.40. The highest BCUT2D eigenvalue weighted by molar-refractivity contribution is 5.69. The lowest BCUT2D eigenvalue weighted by Gasteiger charge is -2.45. The summed E-state index contributed by atoms with van der Waals surface area (Å²) in [5, 5.41) is 0. The minimum Gasteiger partial charge on any atom is -0.444 e. The zero-order chi connectivity index (χ0) is 20.3. The van der Waals surface area contributed by atoms with Crippen LogP contribution in [-0.4, -0.2) is 40.6 Å². The van der Waals surface area contributed by atoms with Crippen LogP contribution in [0.3, 0.4) is 0 Å². The van der Waals surface area contributed by atoms with E-state index in [1.807, 2.05) is 39.0 Å². The minimum atomic E-state index is -0.561. The molecule has 4 nitrogen and oxygen atoms in total. The Morgan fingerprint density at radius 2 is 1.71 bits per heavy atom. The highest BCUT2D eigenvalue weighted by Crippen LogP contribution is 2.30. The van der Waals surface area contributed by atoms with E-state index in [9.17, 15) is 9.18 Å². The number of nitrogens with zero attached hydrogens (tertiary/aromatic N) is 2. The van der Waals surface area contributed by atoms with Gasteiger partial charge in [-0.2, -0.15) is 0 Å². The van der Waals surface area contributed by atoms with Crippen LogP contribution >= 0.6 is 0 Å². The number of hydrogen-bond acceptors (Lipinski definition) is 3. The van der Waals surface area contributed by atoms with Crippen LogP contribution in [0.2, 0.25) is 0 Å². The molecule has 0 spiro atoms. The molecule has 2 aromatic carbocycles. The molecule has 0 N–H and O–H groups in total. The molecule has 1 aliphatic rings. The van der Waals surface area contributed by atoms with Gasteiger partial charge in [0.2, 0.25) is 0 Å². The molecule has 1 saturated heterocycles. The number of amides is 1. The van der Waals surface area contributed by atoms with Gasteiger partial charge in [-0.05, 0) is 51.0 Å². The number of hydrogen-bond donors (Lipinski definition) is 0. The largest absolute Gasteiger partial charge is 0.444 e. The van der Waals surface area contributed by atoms with E-state index in [-0.39, 0.29) is 24.0 Å². The molecular formula is C23H29FN2O2. The average Bonchev–Trinajstić information content (AvgIpc) is 2.63. The Morgan fingerprint density at radius 1 is 1.07 bits per heavy atom. The second-order valence-corrected chi connectivity index (χ2v) is 8.46. The average molecular weight is 384 g/mol. The summed E-state index contributed by atoms with van der Waals surface area (Å²) in [6.45, 7) is 9.76. The number of piperazine rings is 1. The Kier molecular flexibility index (Phi) is 6.04. The van der Waals surface area contributed by atoms with Crippen LogP contribution in [0.4, 0.5) is 9.18 Å². The fourth-order valence-corrected chi connectivity index (χ4v) is 3.56. The third-order valence-corrected chi connectivity index (χ3v) is 4.98. The minimum absolute atomic E-state index is 0.185. The Bertz CT molecular complexity index is 786. The molecule has 150 valence electrons. The zero-order valence-corrected chi connectivity index (χ0v) is 17.1. The molecule has 2 atom stereocenters. The van der Waals surface area contributed by atoms with Gasteiger partial charge in [-0.15, -0.1) is 0 Å². The SMILES string of the molecule is C[C@@H]1CN(C(=O)OC(C)(C)C)[C@H](c2ccc(F)cc2)CN1Cc1ccccc1. The first-order valence-electron chi connectivity index (χ1n) is 9.76. The van der Waals surface area contributed by atoms with Crippen LogP contribution in [0, 0.1) is 5.82 Å². The van der Waals surface area contributed by atoms with Crippen molar-refractivity contribution in [3.8, 4) is 0 Å². The first kappa shape index (κ1) is 20.3. The van der Waals surface area contributed by atoms with E-state index in [1.165, 1.54) is 17.7 Å². The van der Waals surface area contributed by atoms with Gasteiger partial charge in [-0.3, -0.25) is 9.80 Å². The highest BCUT2D eigenvalue weighted by atomic mass is 19.1. The third kappa shape index (κ3) is 5.10. The summed E-state index contributed by atoms with van der Waals surface area (Å²) >= 11 is 0. The lowest BCUT2D eigenvalue weighted by molar-refractivity contribution is -0.0159. The molecule has 1 amide bonds. The van der Waals surface area contributed by atoms with Crippen LogP contribution in [0.1, 0.15) is 44.9 Å². The molecule has 0 bridgehead atoms. The predicted molar refractivity (Wildman–Crippen MR) is 108 cm³/mol. The smallest absolute Gasteiger partial charge is 0.410 e. The molecule has 2 aromatic rings. The summed E-state index contributed by atoms with van der Waals surface area (Å²) in [5.74, 6) is -0.280. The van der Waals surface area contributed by atoms with Crippen molar-refractivity contribution in [2.75, 3.05) is 13.1 Å². The lowest BCUT2D eigenvalue weighted by Crippen LogP contribution is -2.55. The van der Waals surface area contributed by atoms with Crippen molar-refractivity contribution in [1.82, 2.24) is 9.80 Å². The second-order valence-electron chi connectivity index (χ2n) is 8.46. The molecule has 1 fully saturated rings. The molecule has 0 radical (unpaired) electrons. The summed E-state index contributed by atoms with van der Waals surface area (Å²) in [4.78, 5) is 17.0. The summed E-state index contributed by atoms with van der Waals surface area (Å²) in [5.41, 5.74) is 1.59. The van der Waals surface area contributed by atoms with Gasteiger partial charge in [-0.25, -0.2) is 9.18 Å². The molecule has 0 aliphatic carbocycles. The van der Waals surface area contributed by atoms with Crippen LogP contribution < -0.4 is 0 Å². The first-order valence-corrected chi connectivity index (χ1v) is 9.76. The number of carbonyl (C=O) groups is 1. The maximum atomic E-state index is 13.4. The van der Waals surface area contributed by atoms with Crippen molar-refractivity contribution in [3.63, 3.8) is 0 Å². The van der Waals surface area contributed by atoms with E-state index in [1.54, 1.807) is 17.0 Å². The second kappa shape index (κ2) is 8.31. The van der Waals surface area contributed by atoms with Crippen LogP contribution in [0.15, 0.2) is 54.6 Å². The fraction of sp³-hybridized carbons (Fsp3) is 0.435. The molecule has 0 saturated carbocycles. The van der Waals surface area contributed by atoms with Gasteiger partial charge in [0, 0.05) is 25.7 Å². The first-order chi connectivity index (χ1) is 13.2. The van der Waals surface area contributed by atoms with Gasteiger partial charge in [0.15, 0.2) is 0 Å². The molecule has 3 rings (SSSR count). The summed E-state index contributed by atoms with van der Waals surface area (Å²) in [6, 6.07) is 16.7. The molecule has 28 heavy (non-hydrogen) atoms. The van der Waals surface area contributed by atoms with E-state index in [4.69, 9.17) is 4.74 Å². The van der Waals surface area contributed by atoms with Crippen molar-refractivity contribution in [1.29, 1.82) is 0 Å². The van der Waals surface area contributed by atoms with E-state index < -0.39 is 5.60 Å². The third-order valence-electron chi connectivity index (χ3n) is 4.98. The van der Waals surface area contributed by atoms with Crippen LogP contribution in [0.5, 0.6) is 0 Å². The zero-order valence-electron chi connectivity index (χ0n) is 17.1. The topological polar surface area (TPSA) is 32.8 Å². The van der Waals surface area contributed by atoms with E-state index in [0.29, 0.717) is 13.1 Å². The van der Waals surface area contributed by atoms with E-state index in [0.717, 1.165) is 12.1 Å².